The minimum absolute atomic E-state index is 0.804. The van der Waals surface area contributed by atoms with Crippen LogP contribution in [0, 0.1) is 6.07 Å². The average Bonchev–Trinajstić information content (AvgIpc) is 2.73. The maximum Gasteiger partial charge on any atom is 0.242 e. The molecular weight excluding hydrogens is 316 g/mol. The first kappa shape index (κ1) is 16.3. The predicted octanol–water partition coefficient (Wildman–Crippen LogP) is 5.49. The van der Waals surface area contributed by atoms with Crippen LogP contribution >= 0.6 is 0 Å². The highest BCUT2D eigenvalue weighted by molar-refractivity contribution is 6.71. The van der Waals surface area contributed by atoms with E-state index < -0.39 is 16.6 Å². The van der Waals surface area contributed by atoms with E-state index in [4.69, 9.17) is 8.85 Å². The van der Waals surface area contributed by atoms with Gasteiger partial charge in [-0.25, -0.2) is 0 Å². The summed E-state index contributed by atoms with van der Waals surface area (Å²) in [5.74, 6) is 1.67. The molecule has 1 radical (unpaired) electrons. The Morgan fingerprint density at radius 3 is 2.17 bits per heavy atom. The molecule has 2 nitrogen and oxygen atoms in total. The molecule has 0 bridgehead atoms. The van der Waals surface area contributed by atoms with Gasteiger partial charge in [0.25, 0.3) is 0 Å². The monoisotopic (exact) mass is 341 g/mol. The van der Waals surface area contributed by atoms with Gasteiger partial charge in [0.05, 0.1) is 0 Å². The van der Waals surface area contributed by atoms with Crippen molar-refractivity contribution < 1.29 is 8.85 Å². The average molecular weight is 342 g/mol. The van der Waals surface area contributed by atoms with Gasteiger partial charge < -0.3 is 8.85 Å². The van der Waals surface area contributed by atoms with Gasteiger partial charge in [-0.05, 0) is 74.0 Å². The van der Waals surface area contributed by atoms with E-state index in [0.717, 1.165) is 17.9 Å². The fourth-order valence-corrected chi connectivity index (χ4v) is 4.42. The largest absolute Gasteiger partial charge is 0.542 e. The fourth-order valence-electron chi connectivity index (χ4n) is 2.84. The predicted molar refractivity (Wildman–Crippen MR) is 101 cm³/mol. The summed E-state index contributed by atoms with van der Waals surface area (Å²) in [7, 11) is -3.43. The number of hydrogen-bond donors (Lipinski definition) is 0. The standard InChI is InChI=1S/C19H25O2Si2/c1-22(2,3)20-18-12-15-11-14-9-7-8-10-16(14)17(15)13-19(18)21-23(4,5)6/h7-10,13H,11H2,1-6H3. The molecule has 0 saturated heterocycles. The van der Waals surface area contributed by atoms with Crippen LogP contribution in [0.4, 0.5) is 0 Å². The summed E-state index contributed by atoms with van der Waals surface area (Å²) in [5, 5.41) is 0. The molecule has 2 aromatic carbocycles. The van der Waals surface area contributed by atoms with Gasteiger partial charge in [0, 0.05) is 6.07 Å². The zero-order valence-electron chi connectivity index (χ0n) is 14.9. The van der Waals surface area contributed by atoms with Crippen molar-refractivity contribution in [2.24, 2.45) is 0 Å². The zero-order valence-corrected chi connectivity index (χ0v) is 16.9. The van der Waals surface area contributed by atoms with E-state index in [1.54, 1.807) is 0 Å². The van der Waals surface area contributed by atoms with Crippen molar-refractivity contribution in [2.45, 2.75) is 45.7 Å². The lowest BCUT2D eigenvalue weighted by molar-refractivity contribution is 0.488. The lowest BCUT2D eigenvalue weighted by Crippen LogP contribution is -2.32. The number of benzene rings is 2. The molecule has 23 heavy (non-hydrogen) atoms. The first-order chi connectivity index (χ1) is 10.6. The topological polar surface area (TPSA) is 18.5 Å². The smallest absolute Gasteiger partial charge is 0.242 e. The van der Waals surface area contributed by atoms with Crippen molar-refractivity contribution in [3.05, 3.63) is 47.5 Å². The molecule has 0 spiro atoms. The SMILES string of the molecule is C[Si](C)(C)Oc1[c]c2c(cc1O[Si](C)(C)C)-c1ccccc1C2. The summed E-state index contributed by atoms with van der Waals surface area (Å²) in [6, 6.07) is 14.3. The number of rotatable bonds is 4. The summed E-state index contributed by atoms with van der Waals surface area (Å²) < 4.78 is 12.6. The summed E-state index contributed by atoms with van der Waals surface area (Å²) in [6.45, 7) is 13.2. The molecule has 0 atom stereocenters. The summed E-state index contributed by atoms with van der Waals surface area (Å²) in [6.07, 6.45) is 0.931. The highest BCUT2D eigenvalue weighted by Gasteiger charge is 2.27. The zero-order chi connectivity index (χ0) is 16.8. The molecule has 4 heteroatoms. The molecule has 1 aliphatic carbocycles. The second-order valence-electron chi connectivity index (χ2n) is 8.12. The number of fused-ring (bicyclic) bond motifs is 3. The maximum atomic E-state index is 6.32. The van der Waals surface area contributed by atoms with E-state index in [-0.39, 0.29) is 0 Å². The molecule has 0 amide bonds. The van der Waals surface area contributed by atoms with E-state index in [9.17, 15) is 0 Å². The Bertz CT molecular complexity index is 740. The van der Waals surface area contributed by atoms with Gasteiger partial charge in [0.2, 0.25) is 16.6 Å². The van der Waals surface area contributed by atoms with Gasteiger partial charge in [-0.3, -0.25) is 0 Å². The van der Waals surface area contributed by atoms with Crippen LogP contribution in [-0.2, 0) is 6.42 Å². The van der Waals surface area contributed by atoms with Gasteiger partial charge in [0.1, 0.15) is 5.75 Å². The Morgan fingerprint density at radius 2 is 1.52 bits per heavy atom. The Balaban J connectivity index is 2.10. The van der Waals surface area contributed by atoms with E-state index in [2.05, 4.69) is 75.7 Å². The van der Waals surface area contributed by atoms with Crippen LogP contribution < -0.4 is 8.85 Å². The Morgan fingerprint density at radius 1 is 0.870 bits per heavy atom. The quantitative estimate of drug-likeness (QED) is 0.585. The van der Waals surface area contributed by atoms with Crippen molar-refractivity contribution in [2.75, 3.05) is 0 Å². The molecular formula is C19H25O2Si2. The van der Waals surface area contributed by atoms with Crippen LogP contribution in [0.1, 0.15) is 11.1 Å². The van der Waals surface area contributed by atoms with Crippen molar-refractivity contribution in [1.29, 1.82) is 0 Å². The lowest BCUT2D eigenvalue weighted by atomic mass is 10.1. The summed E-state index contributed by atoms with van der Waals surface area (Å²) >= 11 is 0. The van der Waals surface area contributed by atoms with Crippen LogP contribution in [0.3, 0.4) is 0 Å². The normalized spacial score (nSPS) is 13.5. The molecule has 0 aliphatic heterocycles. The summed E-state index contributed by atoms with van der Waals surface area (Å²) in [4.78, 5) is 0. The minimum Gasteiger partial charge on any atom is -0.542 e. The van der Waals surface area contributed by atoms with Crippen LogP contribution in [0.15, 0.2) is 30.3 Å². The molecule has 0 heterocycles. The molecule has 0 aromatic heterocycles. The van der Waals surface area contributed by atoms with Crippen molar-refractivity contribution >= 4 is 16.6 Å². The lowest BCUT2D eigenvalue weighted by Gasteiger charge is -2.26. The molecule has 2 aromatic rings. The van der Waals surface area contributed by atoms with Crippen LogP contribution in [-0.4, -0.2) is 16.6 Å². The van der Waals surface area contributed by atoms with E-state index in [1.165, 1.54) is 22.3 Å². The van der Waals surface area contributed by atoms with Crippen LogP contribution in [0.25, 0.3) is 11.1 Å². The third-order valence-corrected chi connectivity index (χ3v) is 5.24. The molecule has 0 fully saturated rings. The molecule has 0 N–H and O–H groups in total. The van der Waals surface area contributed by atoms with Gasteiger partial charge in [0.15, 0.2) is 5.75 Å². The highest BCUT2D eigenvalue weighted by atomic mass is 28.4. The second kappa shape index (κ2) is 5.53. The van der Waals surface area contributed by atoms with E-state index >= 15 is 0 Å². The van der Waals surface area contributed by atoms with Gasteiger partial charge in [-0.2, -0.15) is 0 Å². The molecule has 0 unspecified atom stereocenters. The maximum absolute atomic E-state index is 6.32. The van der Waals surface area contributed by atoms with E-state index in [0.29, 0.717) is 0 Å². The Hall–Kier alpha value is -1.53. The fraction of sp³-hybridized carbons (Fsp3) is 0.368. The molecule has 0 saturated carbocycles. The first-order valence-electron chi connectivity index (χ1n) is 8.18. The third kappa shape index (κ3) is 3.70. The van der Waals surface area contributed by atoms with Crippen molar-refractivity contribution in [3.8, 4) is 22.6 Å². The highest BCUT2D eigenvalue weighted by Crippen LogP contribution is 2.43. The molecule has 121 valence electrons. The number of hydrogen-bond acceptors (Lipinski definition) is 2. The van der Waals surface area contributed by atoms with Crippen molar-refractivity contribution in [3.63, 3.8) is 0 Å². The molecule has 1 aliphatic rings. The molecule has 3 rings (SSSR count). The van der Waals surface area contributed by atoms with Crippen LogP contribution in [0.5, 0.6) is 11.5 Å². The first-order valence-corrected chi connectivity index (χ1v) is 15.0. The third-order valence-electron chi connectivity index (χ3n) is 3.59. The van der Waals surface area contributed by atoms with Crippen LogP contribution in [0.2, 0.25) is 39.3 Å². The Labute approximate surface area is 141 Å². The second-order valence-corrected chi connectivity index (χ2v) is 17.0. The summed E-state index contributed by atoms with van der Waals surface area (Å²) in [5.41, 5.74) is 5.14. The Kier molecular flexibility index (Phi) is 3.93. The van der Waals surface area contributed by atoms with Gasteiger partial charge in [-0.1, -0.05) is 24.3 Å². The van der Waals surface area contributed by atoms with Gasteiger partial charge >= 0.3 is 0 Å². The van der Waals surface area contributed by atoms with Crippen molar-refractivity contribution in [1.82, 2.24) is 0 Å². The van der Waals surface area contributed by atoms with E-state index in [1.807, 2.05) is 0 Å². The van der Waals surface area contributed by atoms with Gasteiger partial charge in [-0.15, -0.1) is 0 Å². The minimum atomic E-state index is -1.71.